The van der Waals surface area contributed by atoms with E-state index >= 15 is 0 Å². The van der Waals surface area contributed by atoms with Crippen LogP contribution in [0.15, 0.2) is 12.2 Å². The molecule has 1 rings (SSSR count). The number of carboxylic acid groups (broad SMARTS) is 1. The van der Waals surface area contributed by atoms with Crippen LogP contribution in [0.4, 0.5) is 0 Å². The third kappa shape index (κ3) is 8.92. The van der Waals surface area contributed by atoms with Crippen LogP contribution in [0.1, 0.15) is 77.6 Å². The van der Waals surface area contributed by atoms with Crippen LogP contribution in [-0.4, -0.2) is 23.8 Å². The molecule has 3 heteroatoms. The van der Waals surface area contributed by atoms with Gasteiger partial charge in [0.25, 0.3) is 0 Å². The van der Waals surface area contributed by atoms with Gasteiger partial charge < -0.3 is 9.84 Å². The van der Waals surface area contributed by atoms with Gasteiger partial charge in [-0.15, -0.1) is 0 Å². The van der Waals surface area contributed by atoms with Crippen LogP contribution in [0.2, 0.25) is 0 Å². The summed E-state index contributed by atoms with van der Waals surface area (Å²) in [5, 5.41) is 9.09. The zero-order valence-corrected chi connectivity index (χ0v) is 13.6. The maximum Gasteiger partial charge on any atom is 0.331 e. The van der Waals surface area contributed by atoms with Crippen molar-refractivity contribution in [3.63, 3.8) is 0 Å². The number of unbranched alkanes of at least 4 members (excludes halogenated alkanes) is 8. The average molecular weight is 296 g/mol. The van der Waals surface area contributed by atoms with Crippen molar-refractivity contribution in [1.29, 1.82) is 0 Å². The highest BCUT2D eigenvalue weighted by molar-refractivity contribution is 5.86. The lowest BCUT2D eigenvalue weighted by Crippen LogP contribution is -2.14. The number of aliphatic carboxylic acids is 1. The third-order valence-electron chi connectivity index (χ3n) is 4.37. The van der Waals surface area contributed by atoms with Crippen molar-refractivity contribution in [2.75, 3.05) is 6.61 Å². The summed E-state index contributed by atoms with van der Waals surface area (Å²) in [7, 11) is 0. The maximum absolute atomic E-state index is 11.1. The van der Waals surface area contributed by atoms with Gasteiger partial charge in [-0.25, -0.2) is 4.79 Å². The molecule has 122 valence electrons. The predicted molar refractivity (Wildman–Crippen MR) is 86.5 cm³/mol. The third-order valence-corrected chi connectivity index (χ3v) is 4.37. The number of carboxylic acids is 1. The summed E-state index contributed by atoms with van der Waals surface area (Å²) in [6, 6.07) is 0. The summed E-state index contributed by atoms with van der Waals surface area (Å²) < 4.78 is 5.23. The molecule has 2 unspecified atom stereocenters. The number of epoxide rings is 1. The Morgan fingerprint density at radius 1 is 1.14 bits per heavy atom. The predicted octanol–water partition coefficient (Wildman–Crippen LogP) is 4.95. The van der Waals surface area contributed by atoms with E-state index in [2.05, 4.69) is 13.5 Å². The average Bonchev–Trinajstić information content (AvgIpc) is 3.27. The van der Waals surface area contributed by atoms with E-state index < -0.39 is 5.97 Å². The minimum absolute atomic E-state index is 0.0968. The molecule has 0 bridgehead atoms. The molecule has 0 saturated carbocycles. The lowest BCUT2D eigenvalue weighted by molar-refractivity contribution is -0.133. The van der Waals surface area contributed by atoms with E-state index in [1.165, 1.54) is 51.4 Å². The molecule has 2 atom stereocenters. The first-order valence-electron chi connectivity index (χ1n) is 8.68. The van der Waals surface area contributed by atoms with Gasteiger partial charge in [0.1, 0.15) is 0 Å². The van der Waals surface area contributed by atoms with Gasteiger partial charge >= 0.3 is 5.97 Å². The molecule has 3 nitrogen and oxygen atoms in total. The van der Waals surface area contributed by atoms with Gasteiger partial charge in [0, 0.05) is 5.57 Å². The Bertz CT molecular complexity index is 308. The molecule has 1 aliphatic rings. The highest BCUT2D eigenvalue weighted by Gasteiger charge is 2.29. The largest absolute Gasteiger partial charge is 0.478 e. The molecular weight excluding hydrogens is 264 g/mol. The SMILES string of the molecule is C=C(C(=O)O)C(CCCCCCCCCCC)CC1CO1. The smallest absolute Gasteiger partial charge is 0.331 e. The van der Waals surface area contributed by atoms with Crippen LogP contribution in [0.3, 0.4) is 0 Å². The number of hydrogen-bond acceptors (Lipinski definition) is 2. The summed E-state index contributed by atoms with van der Waals surface area (Å²) in [5.74, 6) is -0.754. The maximum atomic E-state index is 11.1. The molecule has 1 saturated heterocycles. The standard InChI is InChI=1S/C18H32O3/c1-3-4-5-6-7-8-9-10-11-12-16(13-17-14-21-17)15(2)18(19)20/h16-17H,2-14H2,1H3,(H,19,20). The second-order valence-electron chi connectivity index (χ2n) is 6.34. The highest BCUT2D eigenvalue weighted by Crippen LogP contribution is 2.28. The Hall–Kier alpha value is -0.830. The molecule has 0 aromatic heterocycles. The van der Waals surface area contributed by atoms with Crippen molar-refractivity contribution in [3.05, 3.63) is 12.2 Å². The molecule has 0 aromatic rings. The lowest BCUT2D eigenvalue weighted by atomic mass is 9.89. The molecule has 1 heterocycles. The number of ether oxygens (including phenoxy) is 1. The van der Waals surface area contributed by atoms with Crippen molar-refractivity contribution >= 4 is 5.97 Å². The molecule has 1 aliphatic heterocycles. The normalized spacial score (nSPS) is 18.4. The van der Waals surface area contributed by atoms with Crippen molar-refractivity contribution in [2.24, 2.45) is 5.92 Å². The van der Waals surface area contributed by atoms with Crippen LogP contribution < -0.4 is 0 Å². The molecule has 1 N–H and O–H groups in total. The molecule has 0 radical (unpaired) electrons. The van der Waals surface area contributed by atoms with E-state index in [9.17, 15) is 4.79 Å². The van der Waals surface area contributed by atoms with Gasteiger partial charge in [0.05, 0.1) is 12.7 Å². The number of hydrogen-bond donors (Lipinski definition) is 1. The summed E-state index contributed by atoms with van der Waals surface area (Å²) >= 11 is 0. The molecular formula is C18H32O3. The second kappa shape index (κ2) is 10.8. The van der Waals surface area contributed by atoms with E-state index in [-0.39, 0.29) is 12.0 Å². The molecule has 0 aliphatic carbocycles. The van der Waals surface area contributed by atoms with Gasteiger partial charge in [-0.1, -0.05) is 71.3 Å². The van der Waals surface area contributed by atoms with E-state index in [0.29, 0.717) is 5.57 Å². The van der Waals surface area contributed by atoms with E-state index in [4.69, 9.17) is 9.84 Å². The molecule has 0 spiro atoms. The Morgan fingerprint density at radius 2 is 1.67 bits per heavy atom. The van der Waals surface area contributed by atoms with E-state index in [0.717, 1.165) is 25.9 Å². The number of rotatable bonds is 14. The fraction of sp³-hybridized carbons (Fsp3) is 0.833. The Kier molecular flexibility index (Phi) is 9.40. The van der Waals surface area contributed by atoms with Crippen molar-refractivity contribution in [1.82, 2.24) is 0 Å². The van der Waals surface area contributed by atoms with E-state index in [1.807, 2.05) is 0 Å². The van der Waals surface area contributed by atoms with E-state index in [1.54, 1.807) is 0 Å². The van der Waals surface area contributed by atoms with Crippen LogP contribution >= 0.6 is 0 Å². The Labute approximate surface area is 129 Å². The first-order valence-corrected chi connectivity index (χ1v) is 8.68. The number of carbonyl (C=O) groups is 1. The minimum Gasteiger partial charge on any atom is -0.478 e. The summed E-state index contributed by atoms with van der Waals surface area (Å²) in [6.45, 7) is 6.77. The molecule has 0 amide bonds. The quantitative estimate of drug-likeness (QED) is 0.280. The zero-order chi connectivity index (χ0) is 15.5. The van der Waals surface area contributed by atoms with Crippen LogP contribution in [-0.2, 0) is 9.53 Å². The Balaban J connectivity index is 2.04. The first kappa shape index (κ1) is 18.2. The summed E-state index contributed by atoms with van der Waals surface area (Å²) in [5.41, 5.74) is 0.366. The van der Waals surface area contributed by atoms with Crippen LogP contribution in [0, 0.1) is 5.92 Å². The van der Waals surface area contributed by atoms with Crippen molar-refractivity contribution in [2.45, 2.75) is 83.7 Å². The van der Waals surface area contributed by atoms with Crippen molar-refractivity contribution in [3.8, 4) is 0 Å². The van der Waals surface area contributed by atoms with Gasteiger partial charge in [-0.05, 0) is 18.8 Å². The fourth-order valence-electron chi connectivity index (χ4n) is 2.83. The van der Waals surface area contributed by atoms with Gasteiger partial charge in [0.15, 0.2) is 0 Å². The lowest BCUT2D eigenvalue weighted by Gasteiger charge is -2.15. The zero-order valence-electron chi connectivity index (χ0n) is 13.6. The highest BCUT2D eigenvalue weighted by atomic mass is 16.6. The monoisotopic (exact) mass is 296 g/mol. The topological polar surface area (TPSA) is 49.8 Å². The Morgan fingerprint density at radius 3 is 2.14 bits per heavy atom. The molecule has 1 fully saturated rings. The van der Waals surface area contributed by atoms with Gasteiger partial charge in [-0.2, -0.15) is 0 Å². The molecule has 0 aromatic carbocycles. The summed E-state index contributed by atoms with van der Waals surface area (Å²) in [6.07, 6.45) is 13.7. The van der Waals surface area contributed by atoms with Crippen molar-refractivity contribution < 1.29 is 14.6 Å². The summed E-state index contributed by atoms with van der Waals surface area (Å²) in [4.78, 5) is 11.1. The van der Waals surface area contributed by atoms with Gasteiger partial charge in [-0.3, -0.25) is 0 Å². The van der Waals surface area contributed by atoms with Gasteiger partial charge in [0.2, 0.25) is 0 Å². The van der Waals surface area contributed by atoms with Crippen LogP contribution in [0.25, 0.3) is 0 Å². The minimum atomic E-state index is -0.850. The second-order valence-corrected chi connectivity index (χ2v) is 6.34. The first-order chi connectivity index (χ1) is 10.1. The van der Waals surface area contributed by atoms with Crippen LogP contribution in [0.5, 0.6) is 0 Å². The molecule has 21 heavy (non-hydrogen) atoms. The fourth-order valence-corrected chi connectivity index (χ4v) is 2.83.